The summed E-state index contributed by atoms with van der Waals surface area (Å²) in [5, 5.41) is 0.626. The van der Waals surface area contributed by atoms with Gasteiger partial charge in [0, 0.05) is 22.6 Å². The lowest BCUT2D eigenvalue weighted by molar-refractivity contribution is 0.102. The van der Waals surface area contributed by atoms with Gasteiger partial charge in [-0.05, 0) is 18.9 Å². The van der Waals surface area contributed by atoms with E-state index in [1.54, 1.807) is 23.9 Å². The lowest BCUT2D eigenvalue weighted by Gasteiger charge is -2.21. The third kappa shape index (κ3) is 3.46. The van der Waals surface area contributed by atoms with E-state index in [0.717, 1.165) is 0 Å². The number of hydrogen-bond donors (Lipinski definition) is 1. The van der Waals surface area contributed by atoms with Crippen LogP contribution < -0.4 is 15.2 Å². The van der Waals surface area contributed by atoms with Crippen molar-refractivity contribution >= 4 is 23.2 Å². The summed E-state index contributed by atoms with van der Waals surface area (Å²) < 4.78 is 11.0. The molecule has 2 aliphatic rings. The van der Waals surface area contributed by atoms with Gasteiger partial charge >= 0.3 is 0 Å². The van der Waals surface area contributed by atoms with Gasteiger partial charge in [0.05, 0.1) is 5.75 Å². The molecule has 0 spiro atoms. The van der Waals surface area contributed by atoms with Crippen molar-refractivity contribution < 1.29 is 14.3 Å². The molecule has 2 N–H and O–H groups in total. The quantitative estimate of drug-likeness (QED) is 0.683. The highest BCUT2D eigenvalue weighted by Crippen LogP contribution is 2.35. The van der Waals surface area contributed by atoms with Gasteiger partial charge in [0.1, 0.15) is 13.2 Å². The number of carbonyl (C=O) groups is 1. The van der Waals surface area contributed by atoms with Crippen molar-refractivity contribution in [1.82, 2.24) is 0 Å². The molecule has 21 heavy (non-hydrogen) atoms. The van der Waals surface area contributed by atoms with Crippen LogP contribution in [0.1, 0.15) is 42.5 Å². The number of nitrogen functional groups attached to an aromatic ring is 1. The van der Waals surface area contributed by atoms with E-state index in [0.29, 0.717) is 47.0 Å². The topological polar surface area (TPSA) is 61.6 Å². The van der Waals surface area contributed by atoms with Crippen molar-refractivity contribution in [3.8, 4) is 11.5 Å². The zero-order valence-electron chi connectivity index (χ0n) is 12.1. The minimum atomic E-state index is 0.0834. The Morgan fingerprint density at radius 1 is 1.14 bits per heavy atom. The first-order valence-corrected chi connectivity index (χ1v) is 8.63. The number of fused-ring (bicyclic) bond motifs is 1. The molecular weight excluding hydrogens is 286 g/mol. The average molecular weight is 307 g/mol. The van der Waals surface area contributed by atoms with Gasteiger partial charge < -0.3 is 15.2 Å². The predicted molar refractivity (Wildman–Crippen MR) is 85.5 cm³/mol. The van der Waals surface area contributed by atoms with Gasteiger partial charge in [-0.3, -0.25) is 4.79 Å². The second-order valence-electron chi connectivity index (χ2n) is 5.58. The van der Waals surface area contributed by atoms with Crippen molar-refractivity contribution in [2.75, 3.05) is 24.7 Å². The first-order valence-electron chi connectivity index (χ1n) is 7.58. The highest BCUT2D eigenvalue weighted by Gasteiger charge is 2.20. The lowest BCUT2D eigenvalue weighted by atomic mass is 10.0. The highest BCUT2D eigenvalue weighted by atomic mass is 32.2. The average Bonchev–Trinajstić information content (AvgIpc) is 2.53. The van der Waals surface area contributed by atoms with E-state index in [1.165, 1.54) is 32.1 Å². The number of nitrogens with two attached hydrogens (primary N) is 1. The highest BCUT2D eigenvalue weighted by molar-refractivity contribution is 8.00. The maximum atomic E-state index is 12.4. The molecule has 1 aliphatic carbocycles. The molecule has 1 saturated carbocycles. The summed E-state index contributed by atoms with van der Waals surface area (Å²) in [5.74, 6) is 1.84. The van der Waals surface area contributed by atoms with Crippen molar-refractivity contribution in [3.63, 3.8) is 0 Å². The largest absolute Gasteiger partial charge is 0.486 e. The Morgan fingerprint density at radius 3 is 2.52 bits per heavy atom. The second-order valence-corrected chi connectivity index (χ2v) is 6.87. The van der Waals surface area contributed by atoms with Gasteiger partial charge in [0.25, 0.3) is 0 Å². The van der Waals surface area contributed by atoms with Gasteiger partial charge in [-0.1, -0.05) is 19.3 Å². The molecule has 0 amide bonds. The maximum absolute atomic E-state index is 12.4. The van der Waals surface area contributed by atoms with Crippen molar-refractivity contribution in [3.05, 3.63) is 17.7 Å². The first kappa shape index (κ1) is 14.6. The molecule has 1 fully saturated rings. The number of thioether (sulfide) groups is 1. The second kappa shape index (κ2) is 6.60. The molecule has 5 heteroatoms. The molecule has 1 aliphatic heterocycles. The fourth-order valence-electron chi connectivity index (χ4n) is 2.85. The van der Waals surface area contributed by atoms with Crippen LogP contribution in [-0.4, -0.2) is 30.0 Å². The summed E-state index contributed by atoms with van der Waals surface area (Å²) in [5.41, 5.74) is 7.03. The van der Waals surface area contributed by atoms with Gasteiger partial charge in [-0.2, -0.15) is 11.8 Å². The Labute approximate surface area is 129 Å². The molecule has 1 heterocycles. The molecule has 1 aromatic rings. The van der Waals surface area contributed by atoms with E-state index in [2.05, 4.69) is 0 Å². The summed E-state index contributed by atoms with van der Waals surface area (Å²) in [4.78, 5) is 12.4. The van der Waals surface area contributed by atoms with Crippen LogP contribution in [0, 0.1) is 0 Å². The standard InChI is InChI=1S/C16H21NO3S/c17-13-9-16-15(19-6-7-20-16)8-12(13)14(18)10-21-11-4-2-1-3-5-11/h8-9,11H,1-7,10,17H2. The van der Waals surface area contributed by atoms with E-state index in [4.69, 9.17) is 15.2 Å². The molecule has 0 aromatic heterocycles. The van der Waals surface area contributed by atoms with Crippen LogP contribution >= 0.6 is 11.8 Å². The zero-order valence-corrected chi connectivity index (χ0v) is 12.9. The van der Waals surface area contributed by atoms with E-state index < -0.39 is 0 Å². The number of benzene rings is 1. The molecule has 3 rings (SSSR count). The fourth-order valence-corrected chi connectivity index (χ4v) is 4.06. The van der Waals surface area contributed by atoms with Gasteiger partial charge in [-0.15, -0.1) is 0 Å². The molecule has 4 nitrogen and oxygen atoms in total. The predicted octanol–water partition coefficient (Wildman–Crippen LogP) is 3.29. The summed E-state index contributed by atoms with van der Waals surface area (Å²) in [7, 11) is 0. The summed E-state index contributed by atoms with van der Waals surface area (Å²) >= 11 is 1.77. The number of anilines is 1. The van der Waals surface area contributed by atoms with Crippen LogP contribution in [0.3, 0.4) is 0 Å². The van der Waals surface area contributed by atoms with E-state index in [-0.39, 0.29) is 5.78 Å². The molecule has 0 atom stereocenters. The van der Waals surface area contributed by atoms with Gasteiger partial charge in [-0.25, -0.2) is 0 Å². The lowest BCUT2D eigenvalue weighted by Crippen LogP contribution is -2.17. The van der Waals surface area contributed by atoms with Crippen LogP contribution in [0.15, 0.2) is 12.1 Å². The Hall–Kier alpha value is -1.36. The van der Waals surface area contributed by atoms with E-state index in [1.807, 2.05) is 0 Å². The van der Waals surface area contributed by atoms with E-state index in [9.17, 15) is 4.79 Å². The number of rotatable bonds is 4. The van der Waals surface area contributed by atoms with Crippen molar-refractivity contribution in [2.45, 2.75) is 37.4 Å². The van der Waals surface area contributed by atoms with Crippen molar-refractivity contribution in [1.29, 1.82) is 0 Å². The van der Waals surface area contributed by atoms with Crippen LogP contribution in [0.2, 0.25) is 0 Å². The smallest absolute Gasteiger partial charge is 0.174 e. The Kier molecular flexibility index (Phi) is 4.58. The Morgan fingerprint density at radius 2 is 1.81 bits per heavy atom. The summed E-state index contributed by atoms with van der Waals surface area (Å²) in [6.07, 6.45) is 6.37. The van der Waals surface area contributed by atoms with Crippen molar-refractivity contribution in [2.24, 2.45) is 0 Å². The van der Waals surface area contributed by atoms with E-state index >= 15 is 0 Å². The molecule has 114 valence electrons. The van der Waals surface area contributed by atoms with Crippen LogP contribution in [0.4, 0.5) is 5.69 Å². The number of hydrogen-bond acceptors (Lipinski definition) is 5. The molecule has 0 saturated heterocycles. The summed E-state index contributed by atoms with van der Waals surface area (Å²) in [6, 6.07) is 3.43. The Bertz CT molecular complexity index is 526. The zero-order chi connectivity index (χ0) is 14.7. The SMILES string of the molecule is Nc1cc2c(cc1C(=O)CSC1CCCCC1)OCCO2. The number of Topliss-reactive ketones (excluding diaryl/α,β-unsaturated/α-hetero) is 1. The maximum Gasteiger partial charge on any atom is 0.174 e. The molecular formula is C16H21NO3S. The monoisotopic (exact) mass is 307 g/mol. The van der Waals surface area contributed by atoms with Crippen LogP contribution in [0.5, 0.6) is 11.5 Å². The third-order valence-corrected chi connectivity index (χ3v) is 5.39. The minimum Gasteiger partial charge on any atom is -0.486 e. The number of ether oxygens (including phenoxy) is 2. The normalized spacial score (nSPS) is 18.5. The third-order valence-electron chi connectivity index (χ3n) is 4.02. The molecule has 0 unspecified atom stereocenters. The number of ketones is 1. The first-order chi connectivity index (χ1) is 10.2. The fraction of sp³-hybridized carbons (Fsp3) is 0.562. The molecule has 1 aromatic carbocycles. The summed E-state index contributed by atoms with van der Waals surface area (Å²) in [6.45, 7) is 1.04. The van der Waals surface area contributed by atoms with Gasteiger partial charge in [0.2, 0.25) is 0 Å². The Balaban J connectivity index is 1.66. The van der Waals surface area contributed by atoms with Gasteiger partial charge in [0.15, 0.2) is 17.3 Å². The number of carbonyl (C=O) groups excluding carboxylic acids is 1. The minimum absolute atomic E-state index is 0.0834. The molecule has 0 radical (unpaired) electrons. The molecule has 0 bridgehead atoms. The van der Waals surface area contributed by atoms with Crippen LogP contribution in [0.25, 0.3) is 0 Å². The van der Waals surface area contributed by atoms with Crippen LogP contribution in [-0.2, 0) is 0 Å².